The zero-order valence-corrected chi connectivity index (χ0v) is 6.29. The minimum atomic E-state index is -0.918. The summed E-state index contributed by atoms with van der Waals surface area (Å²) in [4.78, 5) is 3.61. The molecule has 10 heavy (non-hydrogen) atoms. The Morgan fingerprint density at radius 1 is 1.70 bits per heavy atom. The van der Waals surface area contributed by atoms with Crippen molar-refractivity contribution in [2.75, 3.05) is 0 Å². The molecule has 1 heterocycles. The number of aliphatic imine (C=N–C) groups is 1. The minimum absolute atomic E-state index is 0.197. The van der Waals surface area contributed by atoms with Crippen LogP contribution >= 0.6 is 0 Å². The molecule has 0 radical (unpaired) electrons. The van der Waals surface area contributed by atoms with E-state index in [4.69, 9.17) is 16.2 Å². The van der Waals surface area contributed by atoms with Gasteiger partial charge in [-0.3, -0.25) is 5.73 Å². The maximum absolute atomic E-state index is 5.70. The molecule has 1 aliphatic heterocycles. The monoisotopic (exact) mass is 143 g/mol. The maximum Gasteiger partial charge on any atom is 0.242 e. The molecule has 0 aliphatic carbocycles. The molecule has 0 amide bonds. The first-order chi connectivity index (χ1) is 4.40. The first kappa shape index (κ1) is 7.65. The average molecular weight is 143 g/mol. The number of epoxide rings is 1. The summed E-state index contributed by atoms with van der Waals surface area (Å²) >= 11 is 0. The van der Waals surface area contributed by atoms with E-state index in [2.05, 4.69) is 11.7 Å². The van der Waals surface area contributed by atoms with Gasteiger partial charge in [-0.25, -0.2) is 4.99 Å². The van der Waals surface area contributed by atoms with Crippen molar-refractivity contribution in [2.45, 2.75) is 31.3 Å². The van der Waals surface area contributed by atoms with Crippen molar-refractivity contribution in [3.05, 3.63) is 0 Å². The lowest BCUT2D eigenvalue weighted by Crippen LogP contribution is -2.44. The standard InChI is InChI=1S/C6H13N3O/c1-5(2,7)4-6(8,9-3)10-4/h4H,3,7-8H2,1-2H3. The number of ether oxygens (including phenoxy) is 1. The molecule has 0 bridgehead atoms. The lowest BCUT2D eigenvalue weighted by Gasteiger charge is -2.14. The van der Waals surface area contributed by atoms with Crippen LogP contribution in [0, 0.1) is 0 Å². The van der Waals surface area contributed by atoms with Crippen molar-refractivity contribution in [1.82, 2.24) is 0 Å². The second-order valence-electron chi connectivity index (χ2n) is 3.23. The van der Waals surface area contributed by atoms with E-state index >= 15 is 0 Å². The zero-order chi connectivity index (χ0) is 7.99. The molecule has 0 aromatic rings. The molecule has 2 unspecified atom stereocenters. The van der Waals surface area contributed by atoms with Crippen LogP contribution in [0.25, 0.3) is 0 Å². The second kappa shape index (κ2) is 1.78. The molecular weight excluding hydrogens is 130 g/mol. The Morgan fingerprint density at radius 2 is 2.20 bits per heavy atom. The van der Waals surface area contributed by atoms with Gasteiger partial charge >= 0.3 is 0 Å². The Morgan fingerprint density at radius 3 is 2.30 bits per heavy atom. The molecule has 4 N–H and O–H groups in total. The van der Waals surface area contributed by atoms with E-state index in [0.717, 1.165) is 0 Å². The highest BCUT2D eigenvalue weighted by atomic mass is 16.6. The fraction of sp³-hybridized carbons (Fsp3) is 0.833. The smallest absolute Gasteiger partial charge is 0.242 e. The summed E-state index contributed by atoms with van der Waals surface area (Å²) < 4.78 is 5.04. The third-order valence-corrected chi connectivity index (χ3v) is 1.55. The van der Waals surface area contributed by atoms with Crippen molar-refractivity contribution in [3.63, 3.8) is 0 Å². The van der Waals surface area contributed by atoms with Crippen LogP contribution in [0.15, 0.2) is 4.99 Å². The number of rotatable bonds is 2. The Bertz CT molecular complexity index is 163. The van der Waals surface area contributed by atoms with Gasteiger partial charge in [-0.1, -0.05) is 0 Å². The fourth-order valence-electron chi connectivity index (χ4n) is 0.960. The Kier molecular flexibility index (Phi) is 1.36. The van der Waals surface area contributed by atoms with Crippen LogP contribution in [0.3, 0.4) is 0 Å². The topological polar surface area (TPSA) is 76.9 Å². The summed E-state index contributed by atoms with van der Waals surface area (Å²) in [5.41, 5.74) is 10.8. The van der Waals surface area contributed by atoms with Gasteiger partial charge in [-0.05, 0) is 20.6 Å². The van der Waals surface area contributed by atoms with E-state index in [1.54, 1.807) is 0 Å². The van der Waals surface area contributed by atoms with Gasteiger partial charge in [0, 0.05) is 5.54 Å². The van der Waals surface area contributed by atoms with Gasteiger partial charge in [-0.2, -0.15) is 0 Å². The predicted molar refractivity (Wildman–Crippen MR) is 39.6 cm³/mol. The zero-order valence-electron chi connectivity index (χ0n) is 6.29. The summed E-state index contributed by atoms with van der Waals surface area (Å²) in [6, 6.07) is 0. The summed E-state index contributed by atoms with van der Waals surface area (Å²) in [6.45, 7) is 6.99. The lowest BCUT2D eigenvalue weighted by molar-refractivity contribution is 0.279. The van der Waals surface area contributed by atoms with Crippen molar-refractivity contribution < 1.29 is 4.74 Å². The molecule has 0 saturated carbocycles. The number of hydrogen-bond donors (Lipinski definition) is 2. The highest BCUT2D eigenvalue weighted by molar-refractivity contribution is 5.28. The van der Waals surface area contributed by atoms with Crippen LogP contribution in [0.1, 0.15) is 13.8 Å². The molecule has 4 heteroatoms. The van der Waals surface area contributed by atoms with Crippen molar-refractivity contribution >= 4 is 6.72 Å². The van der Waals surface area contributed by atoms with E-state index < -0.39 is 11.4 Å². The first-order valence-electron chi connectivity index (χ1n) is 3.13. The molecule has 2 atom stereocenters. The molecule has 0 aromatic heterocycles. The molecule has 58 valence electrons. The van der Waals surface area contributed by atoms with E-state index in [1.807, 2.05) is 13.8 Å². The number of nitrogens with zero attached hydrogens (tertiary/aromatic N) is 1. The summed E-state index contributed by atoms with van der Waals surface area (Å²) in [5, 5.41) is 0. The van der Waals surface area contributed by atoms with Crippen LogP contribution in [0.4, 0.5) is 0 Å². The van der Waals surface area contributed by atoms with Crippen LogP contribution < -0.4 is 11.5 Å². The number of nitrogens with two attached hydrogens (primary N) is 2. The largest absolute Gasteiger partial charge is 0.327 e. The third kappa shape index (κ3) is 1.05. The molecule has 0 aromatic carbocycles. The Balaban J connectivity index is 2.61. The summed E-state index contributed by atoms with van der Waals surface area (Å²) in [6.07, 6.45) is -0.197. The molecule has 1 saturated heterocycles. The lowest BCUT2D eigenvalue weighted by atomic mass is 10.0. The molecule has 1 fully saturated rings. The molecular formula is C6H13N3O. The van der Waals surface area contributed by atoms with Crippen LogP contribution in [-0.4, -0.2) is 24.2 Å². The Hall–Kier alpha value is -0.450. The fourth-order valence-corrected chi connectivity index (χ4v) is 0.960. The highest BCUT2D eigenvalue weighted by Gasteiger charge is 2.59. The summed E-state index contributed by atoms with van der Waals surface area (Å²) in [7, 11) is 0. The predicted octanol–water partition coefficient (Wildman–Crippen LogP) is -0.564. The van der Waals surface area contributed by atoms with E-state index in [0.29, 0.717) is 0 Å². The van der Waals surface area contributed by atoms with Crippen molar-refractivity contribution in [2.24, 2.45) is 16.5 Å². The van der Waals surface area contributed by atoms with Gasteiger partial charge in [0.2, 0.25) is 5.85 Å². The third-order valence-electron chi connectivity index (χ3n) is 1.55. The minimum Gasteiger partial charge on any atom is -0.327 e. The van der Waals surface area contributed by atoms with Gasteiger partial charge in [0.15, 0.2) is 0 Å². The highest BCUT2D eigenvalue weighted by Crippen LogP contribution is 2.38. The van der Waals surface area contributed by atoms with Gasteiger partial charge in [0.25, 0.3) is 0 Å². The van der Waals surface area contributed by atoms with Gasteiger partial charge in [-0.15, -0.1) is 0 Å². The van der Waals surface area contributed by atoms with Crippen LogP contribution in [0.2, 0.25) is 0 Å². The molecule has 4 nitrogen and oxygen atoms in total. The SMILES string of the molecule is C=NC1(N)OC1C(C)(C)N. The Labute approximate surface area is 60.2 Å². The average Bonchev–Trinajstić information content (AvgIpc) is 2.43. The van der Waals surface area contributed by atoms with Gasteiger partial charge in [0.05, 0.1) is 0 Å². The van der Waals surface area contributed by atoms with Crippen LogP contribution in [0.5, 0.6) is 0 Å². The van der Waals surface area contributed by atoms with Crippen LogP contribution in [-0.2, 0) is 4.74 Å². The molecule has 0 spiro atoms. The van der Waals surface area contributed by atoms with Crippen molar-refractivity contribution in [1.29, 1.82) is 0 Å². The van der Waals surface area contributed by atoms with E-state index in [1.165, 1.54) is 0 Å². The van der Waals surface area contributed by atoms with Gasteiger partial charge < -0.3 is 10.5 Å². The normalized spacial score (nSPS) is 39.4. The van der Waals surface area contributed by atoms with E-state index in [-0.39, 0.29) is 6.10 Å². The maximum atomic E-state index is 5.70. The molecule has 1 rings (SSSR count). The number of hydrogen-bond acceptors (Lipinski definition) is 4. The van der Waals surface area contributed by atoms with Gasteiger partial charge in [0.1, 0.15) is 6.10 Å². The summed E-state index contributed by atoms with van der Waals surface area (Å²) in [5.74, 6) is -0.918. The first-order valence-corrected chi connectivity index (χ1v) is 3.13. The van der Waals surface area contributed by atoms with Crippen molar-refractivity contribution in [3.8, 4) is 0 Å². The molecule has 1 aliphatic rings. The quantitative estimate of drug-likeness (QED) is 0.401. The van der Waals surface area contributed by atoms with E-state index in [9.17, 15) is 0 Å². The second-order valence-corrected chi connectivity index (χ2v) is 3.23.